The summed E-state index contributed by atoms with van der Waals surface area (Å²) in [5.41, 5.74) is 3.75. The maximum absolute atomic E-state index is 11.0. The minimum atomic E-state index is -0.397. The molecule has 1 aliphatic rings. The van der Waals surface area contributed by atoms with Gasteiger partial charge in [-0.1, -0.05) is 25.8 Å². The second-order valence-electron chi connectivity index (χ2n) is 5.46. The van der Waals surface area contributed by atoms with Crippen LogP contribution in [0.15, 0.2) is 18.2 Å². The third-order valence-electron chi connectivity index (χ3n) is 3.79. The van der Waals surface area contributed by atoms with Crippen LogP contribution in [0.2, 0.25) is 0 Å². The molecule has 1 saturated carbocycles. The average molecular weight is 295 g/mol. The number of nitrogens with zero attached hydrogens (tertiary/aromatic N) is 1. The van der Waals surface area contributed by atoms with Crippen LogP contribution in [0.5, 0.6) is 0 Å². The molecule has 1 aliphatic carbocycles. The summed E-state index contributed by atoms with van der Waals surface area (Å²) in [6, 6.07) is 5.20. The second kappa shape index (κ2) is 6.95. The van der Waals surface area contributed by atoms with Gasteiger partial charge in [-0.25, -0.2) is 0 Å². The highest BCUT2D eigenvalue weighted by Gasteiger charge is 2.20. The molecule has 1 aromatic rings. The van der Waals surface area contributed by atoms with Crippen LogP contribution in [-0.2, 0) is 5.75 Å². The molecule has 2 atom stereocenters. The number of anilines is 1. The third-order valence-corrected chi connectivity index (χ3v) is 5.19. The third kappa shape index (κ3) is 3.86. The van der Waals surface area contributed by atoms with Crippen LogP contribution in [0.1, 0.15) is 38.2 Å². The summed E-state index contributed by atoms with van der Waals surface area (Å²) in [5.74, 6) is 6.91. The van der Waals surface area contributed by atoms with E-state index in [-0.39, 0.29) is 5.69 Å². The van der Waals surface area contributed by atoms with Gasteiger partial charge >= 0.3 is 0 Å². The Morgan fingerprint density at radius 2 is 2.30 bits per heavy atom. The molecule has 3 N–H and O–H groups in total. The standard InChI is InChI=1S/C14H21N3O2S/c1-10-3-2-4-12(7-10)20-9-11-5-6-13(16-15)14(8-11)17(18)19/h5-6,8,10,12,16H,2-4,7,9,15H2,1H3. The van der Waals surface area contributed by atoms with Crippen molar-refractivity contribution < 1.29 is 4.92 Å². The summed E-state index contributed by atoms with van der Waals surface area (Å²) >= 11 is 1.91. The number of hydrazine groups is 1. The number of rotatable bonds is 5. The van der Waals surface area contributed by atoms with Gasteiger partial charge in [-0.2, -0.15) is 11.8 Å². The van der Waals surface area contributed by atoms with Gasteiger partial charge in [0.15, 0.2) is 0 Å². The zero-order chi connectivity index (χ0) is 14.5. The smallest absolute Gasteiger partial charge is 0.293 e. The minimum Gasteiger partial charge on any atom is -0.318 e. The number of hydrogen-bond donors (Lipinski definition) is 2. The van der Waals surface area contributed by atoms with Gasteiger partial charge in [0.05, 0.1) is 4.92 Å². The molecule has 20 heavy (non-hydrogen) atoms. The van der Waals surface area contributed by atoms with E-state index in [1.54, 1.807) is 12.1 Å². The van der Waals surface area contributed by atoms with Crippen molar-refractivity contribution in [3.05, 3.63) is 33.9 Å². The van der Waals surface area contributed by atoms with Crippen molar-refractivity contribution in [3.8, 4) is 0 Å². The van der Waals surface area contributed by atoms with Crippen molar-refractivity contribution >= 4 is 23.1 Å². The van der Waals surface area contributed by atoms with E-state index >= 15 is 0 Å². The molecule has 2 unspecified atom stereocenters. The predicted molar refractivity (Wildman–Crippen MR) is 83.6 cm³/mol. The molecule has 0 radical (unpaired) electrons. The molecule has 5 nitrogen and oxygen atoms in total. The topological polar surface area (TPSA) is 81.2 Å². The van der Waals surface area contributed by atoms with Crippen LogP contribution in [0, 0.1) is 16.0 Å². The van der Waals surface area contributed by atoms with Gasteiger partial charge in [0, 0.05) is 17.1 Å². The van der Waals surface area contributed by atoms with Crippen molar-refractivity contribution in [2.75, 3.05) is 5.43 Å². The van der Waals surface area contributed by atoms with Gasteiger partial charge in [-0.05, 0) is 30.4 Å². The van der Waals surface area contributed by atoms with Gasteiger partial charge < -0.3 is 5.43 Å². The first-order valence-electron chi connectivity index (χ1n) is 6.95. The van der Waals surface area contributed by atoms with E-state index in [0.29, 0.717) is 10.9 Å². The fraction of sp³-hybridized carbons (Fsp3) is 0.571. The summed E-state index contributed by atoms with van der Waals surface area (Å²) < 4.78 is 0. The number of nitrogens with one attached hydrogen (secondary N) is 1. The quantitative estimate of drug-likeness (QED) is 0.492. The number of nitrogen functional groups attached to an aromatic ring is 1. The number of nitro groups is 1. The van der Waals surface area contributed by atoms with E-state index in [0.717, 1.165) is 17.2 Å². The lowest BCUT2D eigenvalue weighted by molar-refractivity contribution is -0.384. The summed E-state index contributed by atoms with van der Waals surface area (Å²) in [7, 11) is 0. The Bertz CT molecular complexity index is 481. The Labute approximate surface area is 123 Å². The normalized spacial score (nSPS) is 22.5. The zero-order valence-electron chi connectivity index (χ0n) is 11.7. The van der Waals surface area contributed by atoms with Crippen LogP contribution >= 0.6 is 11.8 Å². The molecule has 0 aromatic heterocycles. The molecule has 2 rings (SSSR count). The van der Waals surface area contributed by atoms with Crippen molar-refractivity contribution in [2.24, 2.45) is 11.8 Å². The van der Waals surface area contributed by atoms with E-state index in [1.807, 2.05) is 17.8 Å². The first-order valence-corrected chi connectivity index (χ1v) is 8.00. The first kappa shape index (κ1) is 15.1. The lowest BCUT2D eigenvalue weighted by Crippen LogP contribution is -2.15. The fourth-order valence-corrected chi connectivity index (χ4v) is 4.09. The molecule has 0 aliphatic heterocycles. The minimum absolute atomic E-state index is 0.0441. The highest BCUT2D eigenvalue weighted by molar-refractivity contribution is 7.99. The van der Waals surface area contributed by atoms with E-state index < -0.39 is 4.92 Å². The fourth-order valence-electron chi connectivity index (χ4n) is 2.68. The number of hydrogen-bond acceptors (Lipinski definition) is 5. The lowest BCUT2D eigenvalue weighted by atomic mass is 9.91. The Morgan fingerprint density at radius 1 is 1.50 bits per heavy atom. The van der Waals surface area contributed by atoms with Crippen LogP contribution in [0.25, 0.3) is 0 Å². The Balaban J connectivity index is 1.99. The summed E-state index contributed by atoms with van der Waals surface area (Å²) in [6.45, 7) is 2.30. The number of benzene rings is 1. The van der Waals surface area contributed by atoms with Crippen molar-refractivity contribution in [3.63, 3.8) is 0 Å². The van der Waals surface area contributed by atoms with Crippen LogP contribution in [-0.4, -0.2) is 10.2 Å². The Morgan fingerprint density at radius 3 is 2.95 bits per heavy atom. The number of thioether (sulfide) groups is 1. The van der Waals surface area contributed by atoms with Gasteiger partial charge in [0.25, 0.3) is 5.69 Å². The molecular formula is C14H21N3O2S. The van der Waals surface area contributed by atoms with E-state index in [4.69, 9.17) is 5.84 Å². The van der Waals surface area contributed by atoms with Crippen molar-refractivity contribution in [2.45, 2.75) is 43.6 Å². The van der Waals surface area contributed by atoms with Crippen molar-refractivity contribution in [1.82, 2.24) is 0 Å². The van der Waals surface area contributed by atoms with Crippen LogP contribution in [0.4, 0.5) is 11.4 Å². The van der Waals surface area contributed by atoms with Gasteiger partial charge in [-0.3, -0.25) is 16.0 Å². The maximum atomic E-state index is 11.0. The largest absolute Gasteiger partial charge is 0.318 e. The molecule has 110 valence electrons. The first-order chi connectivity index (χ1) is 9.60. The lowest BCUT2D eigenvalue weighted by Gasteiger charge is -2.26. The second-order valence-corrected chi connectivity index (χ2v) is 6.75. The molecule has 0 heterocycles. The van der Waals surface area contributed by atoms with Crippen LogP contribution < -0.4 is 11.3 Å². The van der Waals surface area contributed by atoms with E-state index in [1.165, 1.54) is 25.7 Å². The molecule has 6 heteroatoms. The van der Waals surface area contributed by atoms with Crippen LogP contribution in [0.3, 0.4) is 0 Å². The Hall–Kier alpha value is -1.27. The SMILES string of the molecule is CC1CCCC(SCc2ccc(NN)c([N+](=O)[O-])c2)C1. The molecule has 1 fully saturated rings. The maximum Gasteiger partial charge on any atom is 0.293 e. The zero-order valence-corrected chi connectivity index (χ0v) is 12.5. The van der Waals surface area contributed by atoms with Gasteiger partial charge in [-0.15, -0.1) is 0 Å². The van der Waals surface area contributed by atoms with Crippen molar-refractivity contribution in [1.29, 1.82) is 0 Å². The molecular weight excluding hydrogens is 274 g/mol. The molecule has 1 aromatic carbocycles. The summed E-state index contributed by atoms with van der Waals surface area (Å²) in [6.07, 6.45) is 5.16. The molecule has 0 saturated heterocycles. The predicted octanol–water partition coefficient (Wildman–Crippen LogP) is 3.69. The van der Waals surface area contributed by atoms with E-state index in [9.17, 15) is 10.1 Å². The summed E-state index contributed by atoms with van der Waals surface area (Å²) in [4.78, 5) is 10.6. The monoisotopic (exact) mass is 295 g/mol. The molecule has 0 amide bonds. The number of nitrogens with two attached hydrogens (primary N) is 1. The average Bonchev–Trinajstić information content (AvgIpc) is 2.45. The summed E-state index contributed by atoms with van der Waals surface area (Å²) in [5, 5.41) is 11.7. The van der Waals surface area contributed by atoms with E-state index in [2.05, 4.69) is 12.3 Å². The van der Waals surface area contributed by atoms with Gasteiger partial charge in [0.2, 0.25) is 0 Å². The molecule has 0 spiro atoms. The molecule has 0 bridgehead atoms. The van der Waals surface area contributed by atoms with Gasteiger partial charge in [0.1, 0.15) is 5.69 Å². The number of nitro benzene ring substituents is 1. The highest BCUT2D eigenvalue weighted by atomic mass is 32.2. The highest BCUT2D eigenvalue weighted by Crippen LogP contribution is 2.34. The Kier molecular flexibility index (Phi) is 5.25.